The van der Waals surface area contributed by atoms with Gasteiger partial charge in [-0.2, -0.15) is 0 Å². The number of nitrogens with one attached hydrogen (secondary N) is 2. The van der Waals surface area contributed by atoms with E-state index in [2.05, 4.69) is 57.8 Å². The second-order valence-corrected chi connectivity index (χ2v) is 7.66. The molecule has 2 aromatic rings. The van der Waals surface area contributed by atoms with Gasteiger partial charge >= 0.3 is 0 Å². The van der Waals surface area contributed by atoms with Gasteiger partial charge in [0, 0.05) is 39.3 Å². The highest BCUT2D eigenvalue weighted by atomic mass is 16.5. The van der Waals surface area contributed by atoms with Crippen molar-refractivity contribution >= 4 is 5.96 Å². The molecule has 0 bridgehead atoms. The lowest BCUT2D eigenvalue weighted by Crippen LogP contribution is -2.47. The lowest BCUT2D eigenvalue weighted by Gasteiger charge is -2.34. The number of hydrogen-bond donors (Lipinski definition) is 2. The van der Waals surface area contributed by atoms with E-state index < -0.39 is 0 Å². The number of hydrogen-bond acceptors (Lipinski definition) is 4. The quantitative estimate of drug-likeness (QED) is 0.518. The number of aliphatic imine (C=N–C) groups is 1. The van der Waals surface area contributed by atoms with E-state index in [9.17, 15) is 0 Å². The van der Waals surface area contributed by atoms with Gasteiger partial charge in [0.25, 0.3) is 0 Å². The lowest BCUT2D eigenvalue weighted by atomic mass is 9.99. The van der Waals surface area contributed by atoms with Gasteiger partial charge in [-0.15, -0.1) is 0 Å². The van der Waals surface area contributed by atoms with Crippen LogP contribution in [-0.4, -0.2) is 57.8 Å². The summed E-state index contributed by atoms with van der Waals surface area (Å²) < 4.78 is 10.7. The van der Waals surface area contributed by atoms with E-state index in [1.807, 2.05) is 19.2 Å². The third-order valence-electron chi connectivity index (χ3n) is 5.73. The van der Waals surface area contributed by atoms with Crippen LogP contribution in [0.3, 0.4) is 0 Å². The molecule has 0 radical (unpaired) electrons. The van der Waals surface area contributed by atoms with Crippen molar-refractivity contribution in [2.24, 2.45) is 4.99 Å². The normalized spacial score (nSPS) is 15.3. The number of methoxy groups -OCH3 is 2. The summed E-state index contributed by atoms with van der Waals surface area (Å²) in [6.45, 7) is 6.05. The van der Waals surface area contributed by atoms with Crippen molar-refractivity contribution in [3.8, 4) is 11.5 Å². The fourth-order valence-corrected chi connectivity index (χ4v) is 3.85. The first-order chi connectivity index (χ1) is 14.6. The maximum absolute atomic E-state index is 5.38. The Morgan fingerprint density at radius 1 is 1.07 bits per heavy atom. The zero-order valence-corrected chi connectivity index (χ0v) is 18.6. The highest BCUT2D eigenvalue weighted by molar-refractivity contribution is 5.79. The Morgan fingerprint density at radius 2 is 1.83 bits per heavy atom. The van der Waals surface area contributed by atoms with E-state index in [4.69, 9.17) is 9.47 Å². The van der Waals surface area contributed by atoms with Gasteiger partial charge in [0.2, 0.25) is 0 Å². The minimum Gasteiger partial charge on any atom is -0.493 e. The van der Waals surface area contributed by atoms with E-state index in [0.717, 1.165) is 56.5 Å². The Balaban J connectivity index is 1.44. The molecule has 1 aliphatic heterocycles. The van der Waals surface area contributed by atoms with E-state index >= 15 is 0 Å². The average molecular weight is 411 g/mol. The van der Waals surface area contributed by atoms with Crippen molar-refractivity contribution in [1.29, 1.82) is 0 Å². The molecular formula is C24H34N4O2. The predicted molar refractivity (Wildman–Crippen MR) is 123 cm³/mol. The van der Waals surface area contributed by atoms with E-state index in [1.54, 1.807) is 14.2 Å². The van der Waals surface area contributed by atoms with E-state index in [1.165, 1.54) is 16.7 Å². The van der Waals surface area contributed by atoms with Crippen molar-refractivity contribution in [2.45, 2.75) is 32.4 Å². The molecule has 0 aliphatic carbocycles. The first-order valence-corrected chi connectivity index (χ1v) is 10.6. The largest absolute Gasteiger partial charge is 0.493 e. The zero-order valence-electron chi connectivity index (χ0n) is 18.6. The molecule has 30 heavy (non-hydrogen) atoms. The van der Waals surface area contributed by atoms with Crippen LogP contribution in [0.2, 0.25) is 0 Å². The smallest absolute Gasteiger partial charge is 0.191 e. The first kappa shape index (κ1) is 22.0. The molecule has 0 spiro atoms. The molecule has 2 aromatic carbocycles. The summed E-state index contributed by atoms with van der Waals surface area (Å²) in [5.74, 6) is 2.34. The number of fused-ring (bicyclic) bond motifs is 1. The molecule has 0 saturated carbocycles. The second kappa shape index (κ2) is 10.9. The van der Waals surface area contributed by atoms with Gasteiger partial charge < -0.3 is 20.1 Å². The molecule has 1 unspecified atom stereocenters. The number of rotatable bonds is 8. The molecule has 6 nitrogen and oxygen atoms in total. The number of ether oxygens (including phenoxy) is 2. The van der Waals surface area contributed by atoms with Crippen LogP contribution in [0.15, 0.2) is 47.5 Å². The standard InChI is InChI=1S/C24H34N4O2/c1-18(28-14-12-20-7-5-6-8-21(20)17-28)16-27-24(25-2)26-13-11-19-9-10-22(29-3)23(15-19)30-4/h5-10,15,18H,11-14,16-17H2,1-4H3,(H2,25,26,27). The number of nitrogens with zero attached hydrogens (tertiary/aromatic N) is 2. The topological polar surface area (TPSA) is 58.1 Å². The lowest BCUT2D eigenvalue weighted by molar-refractivity contribution is 0.191. The minimum atomic E-state index is 0.433. The van der Waals surface area contributed by atoms with Crippen LogP contribution >= 0.6 is 0 Å². The van der Waals surface area contributed by atoms with Gasteiger partial charge in [-0.3, -0.25) is 9.89 Å². The van der Waals surface area contributed by atoms with Crippen LogP contribution in [0, 0.1) is 0 Å². The van der Waals surface area contributed by atoms with Crippen LogP contribution < -0.4 is 20.1 Å². The molecule has 1 aliphatic rings. The first-order valence-electron chi connectivity index (χ1n) is 10.6. The van der Waals surface area contributed by atoms with Crippen molar-refractivity contribution < 1.29 is 9.47 Å². The monoisotopic (exact) mass is 410 g/mol. The minimum absolute atomic E-state index is 0.433. The van der Waals surface area contributed by atoms with Gasteiger partial charge in [0.15, 0.2) is 17.5 Å². The molecule has 2 N–H and O–H groups in total. The molecule has 1 heterocycles. The van der Waals surface area contributed by atoms with Gasteiger partial charge in [0.1, 0.15) is 0 Å². The fourth-order valence-electron chi connectivity index (χ4n) is 3.85. The Labute approximate surface area is 180 Å². The molecule has 6 heteroatoms. The summed E-state index contributed by atoms with van der Waals surface area (Å²) in [7, 11) is 5.12. The van der Waals surface area contributed by atoms with Crippen LogP contribution in [0.25, 0.3) is 0 Å². The highest BCUT2D eigenvalue weighted by Gasteiger charge is 2.20. The molecule has 0 amide bonds. The van der Waals surface area contributed by atoms with Crippen molar-refractivity contribution in [3.63, 3.8) is 0 Å². The molecule has 3 rings (SSSR count). The second-order valence-electron chi connectivity index (χ2n) is 7.66. The Hall–Kier alpha value is -2.73. The summed E-state index contributed by atoms with van der Waals surface area (Å²) in [4.78, 5) is 6.90. The zero-order chi connectivity index (χ0) is 21.3. The van der Waals surface area contributed by atoms with Crippen molar-refractivity contribution in [3.05, 3.63) is 59.2 Å². The van der Waals surface area contributed by atoms with Gasteiger partial charge in [-0.1, -0.05) is 30.3 Å². The summed E-state index contributed by atoms with van der Waals surface area (Å²) in [5.41, 5.74) is 4.13. The fraction of sp³-hybridized carbons (Fsp3) is 0.458. The Kier molecular flexibility index (Phi) is 7.97. The van der Waals surface area contributed by atoms with Crippen LogP contribution in [0.5, 0.6) is 11.5 Å². The average Bonchev–Trinajstić information content (AvgIpc) is 2.80. The van der Waals surface area contributed by atoms with Crippen molar-refractivity contribution in [2.75, 3.05) is 40.9 Å². The number of benzene rings is 2. The van der Waals surface area contributed by atoms with Crippen LogP contribution in [0.4, 0.5) is 0 Å². The Bertz CT molecular complexity index is 853. The van der Waals surface area contributed by atoms with Gasteiger partial charge in [-0.05, 0) is 48.6 Å². The van der Waals surface area contributed by atoms with E-state index in [-0.39, 0.29) is 0 Å². The summed E-state index contributed by atoms with van der Waals surface area (Å²) in [6, 6.07) is 15.2. The maximum atomic E-state index is 5.38. The molecule has 0 saturated heterocycles. The number of guanidine groups is 1. The molecule has 0 fully saturated rings. The van der Waals surface area contributed by atoms with Crippen molar-refractivity contribution in [1.82, 2.24) is 15.5 Å². The van der Waals surface area contributed by atoms with Crippen LogP contribution in [-0.2, 0) is 19.4 Å². The predicted octanol–water partition coefficient (Wildman–Crippen LogP) is 2.86. The third-order valence-corrected chi connectivity index (χ3v) is 5.73. The summed E-state index contributed by atoms with van der Waals surface area (Å²) in [5, 5.41) is 6.88. The van der Waals surface area contributed by atoms with Crippen LogP contribution in [0.1, 0.15) is 23.6 Å². The summed E-state index contributed by atoms with van der Waals surface area (Å²) in [6.07, 6.45) is 2.00. The highest BCUT2D eigenvalue weighted by Crippen LogP contribution is 2.27. The van der Waals surface area contributed by atoms with E-state index in [0.29, 0.717) is 6.04 Å². The maximum Gasteiger partial charge on any atom is 0.191 e. The summed E-state index contributed by atoms with van der Waals surface area (Å²) >= 11 is 0. The van der Waals surface area contributed by atoms with Gasteiger partial charge in [0.05, 0.1) is 14.2 Å². The molecule has 162 valence electrons. The molecule has 0 aromatic heterocycles. The van der Waals surface area contributed by atoms with Gasteiger partial charge in [-0.25, -0.2) is 0 Å². The molecular weight excluding hydrogens is 376 g/mol. The third kappa shape index (κ3) is 5.66. The Morgan fingerprint density at radius 3 is 2.57 bits per heavy atom. The molecule has 1 atom stereocenters. The SMILES string of the molecule is CN=C(NCCc1ccc(OC)c(OC)c1)NCC(C)N1CCc2ccccc2C1.